The molecule has 1 N–H and O–H groups in total. The largest absolute Gasteiger partial charge is 0.484 e. The molecule has 2 aromatic carbocycles. The number of nitrogens with zero attached hydrogens (tertiary/aromatic N) is 1. The van der Waals surface area contributed by atoms with Crippen LogP contribution in [0.5, 0.6) is 5.75 Å². The van der Waals surface area contributed by atoms with E-state index < -0.39 is 6.04 Å². The summed E-state index contributed by atoms with van der Waals surface area (Å²) in [6.07, 6.45) is 5.36. The van der Waals surface area contributed by atoms with Crippen LogP contribution in [0.2, 0.25) is 0 Å². The number of hydrogen-bond acceptors (Lipinski definition) is 3. The van der Waals surface area contributed by atoms with Crippen molar-refractivity contribution in [1.82, 2.24) is 10.2 Å². The summed E-state index contributed by atoms with van der Waals surface area (Å²) >= 11 is 3.36. The first kappa shape index (κ1) is 23.3. The summed E-state index contributed by atoms with van der Waals surface area (Å²) in [4.78, 5) is 27.4. The van der Waals surface area contributed by atoms with E-state index in [1.807, 2.05) is 12.1 Å². The topological polar surface area (TPSA) is 58.6 Å². The van der Waals surface area contributed by atoms with Gasteiger partial charge in [-0.2, -0.15) is 0 Å². The Morgan fingerprint density at radius 3 is 2.39 bits per heavy atom. The second-order valence-corrected chi connectivity index (χ2v) is 8.83. The molecule has 2 amide bonds. The fourth-order valence-electron chi connectivity index (χ4n) is 3.70. The average molecular weight is 491 g/mol. The summed E-state index contributed by atoms with van der Waals surface area (Å²) in [5.41, 5.74) is 0.746. The molecule has 31 heavy (non-hydrogen) atoms. The van der Waals surface area contributed by atoms with Gasteiger partial charge in [-0.05, 0) is 61.7 Å². The van der Waals surface area contributed by atoms with Crippen molar-refractivity contribution in [3.63, 3.8) is 0 Å². The predicted octanol–water partition coefficient (Wildman–Crippen LogP) is 4.83. The molecular weight excluding hydrogens is 463 g/mol. The van der Waals surface area contributed by atoms with Gasteiger partial charge in [0.25, 0.3) is 5.91 Å². The quantitative estimate of drug-likeness (QED) is 0.576. The minimum Gasteiger partial charge on any atom is -0.484 e. The van der Waals surface area contributed by atoms with Gasteiger partial charge in [-0.1, -0.05) is 47.3 Å². The molecule has 7 heteroatoms. The SMILES string of the molecule is CC(C(=O)NC1CCCCC1)N(Cc1ccc(F)cc1)C(=O)COc1ccc(Br)cc1. The summed E-state index contributed by atoms with van der Waals surface area (Å²) < 4.78 is 19.8. The van der Waals surface area contributed by atoms with Crippen LogP contribution in [0.25, 0.3) is 0 Å². The van der Waals surface area contributed by atoms with E-state index in [0.717, 1.165) is 35.7 Å². The molecule has 1 saturated carbocycles. The Balaban J connectivity index is 1.69. The highest BCUT2D eigenvalue weighted by Gasteiger charge is 2.28. The van der Waals surface area contributed by atoms with Crippen molar-refractivity contribution in [2.75, 3.05) is 6.61 Å². The van der Waals surface area contributed by atoms with Crippen molar-refractivity contribution in [3.05, 3.63) is 64.4 Å². The van der Waals surface area contributed by atoms with Crippen molar-refractivity contribution in [2.24, 2.45) is 0 Å². The number of ether oxygens (including phenoxy) is 1. The third-order valence-electron chi connectivity index (χ3n) is 5.56. The zero-order valence-corrected chi connectivity index (χ0v) is 19.2. The van der Waals surface area contributed by atoms with Crippen LogP contribution in [0, 0.1) is 5.82 Å². The second-order valence-electron chi connectivity index (χ2n) is 7.91. The Morgan fingerprint density at radius 2 is 1.74 bits per heavy atom. The third-order valence-corrected chi connectivity index (χ3v) is 6.09. The smallest absolute Gasteiger partial charge is 0.261 e. The number of halogens is 2. The number of hydrogen-bond donors (Lipinski definition) is 1. The molecule has 1 aliphatic carbocycles. The first-order valence-corrected chi connectivity index (χ1v) is 11.4. The van der Waals surface area contributed by atoms with Gasteiger partial charge in [0.15, 0.2) is 6.61 Å². The van der Waals surface area contributed by atoms with Crippen LogP contribution in [-0.2, 0) is 16.1 Å². The molecule has 0 bridgehead atoms. The van der Waals surface area contributed by atoms with Crippen molar-refractivity contribution in [1.29, 1.82) is 0 Å². The summed E-state index contributed by atoms with van der Waals surface area (Å²) in [6, 6.07) is 12.6. The Kier molecular flexibility index (Phi) is 8.46. The molecule has 0 saturated heterocycles. The van der Waals surface area contributed by atoms with Gasteiger partial charge in [-0.3, -0.25) is 9.59 Å². The Labute approximate surface area is 191 Å². The van der Waals surface area contributed by atoms with Crippen LogP contribution in [0.4, 0.5) is 4.39 Å². The van der Waals surface area contributed by atoms with E-state index in [1.165, 1.54) is 23.5 Å². The lowest BCUT2D eigenvalue weighted by Gasteiger charge is -2.31. The number of carbonyl (C=O) groups is 2. The summed E-state index contributed by atoms with van der Waals surface area (Å²) in [5, 5.41) is 3.09. The van der Waals surface area contributed by atoms with Gasteiger partial charge in [-0.15, -0.1) is 0 Å². The van der Waals surface area contributed by atoms with Crippen LogP contribution in [0.15, 0.2) is 53.0 Å². The maximum atomic E-state index is 13.3. The van der Waals surface area contributed by atoms with E-state index in [-0.39, 0.29) is 36.8 Å². The van der Waals surface area contributed by atoms with Crippen molar-refractivity contribution in [2.45, 2.75) is 57.7 Å². The highest BCUT2D eigenvalue weighted by Crippen LogP contribution is 2.19. The zero-order chi connectivity index (χ0) is 22.2. The standard InChI is InChI=1S/C24H28BrFN2O3/c1-17(24(30)27-21-5-3-2-4-6-21)28(15-18-7-11-20(26)12-8-18)23(29)16-31-22-13-9-19(25)10-14-22/h7-14,17,21H,2-6,15-16H2,1H3,(H,27,30). The molecule has 3 rings (SSSR count). The molecule has 1 atom stereocenters. The molecule has 5 nitrogen and oxygen atoms in total. The highest BCUT2D eigenvalue weighted by molar-refractivity contribution is 9.10. The Bertz CT molecular complexity index is 867. The molecule has 1 aliphatic rings. The molecule has 0 heterocycles. The van der Waals surface area contributed by atoms with Crippen LogP contribution in [0.3, 0.4) is 0 Å². The normalized spacial score (nSPS) is 15.2. The monoisotopic (exact) mass is 490 g/mol. The van der Waals surface area contributed by atoms with E-state index in [4.69, 9.17) is 4.74 Å². The maximum absolute atomic E-state index is 13.3. The summed E-state index contributed by atoms with van der Waals surface area (Å²) in [5.74, 6) is -0.259. The lowest BCUT2D eigenvalue weighted by atomic mass is 9.95. The van der Waals surface area contributed by atoms with Gasteiger partial charge in [0.1, 0.15) is 17.6 Å². The number of benzene rings is 2. The molecule has 0 radical (unpaired) electrons. The summed E-state index contributed by atoms with van der Waals surface area (Å²) in [6.45, 7) is 1.73. The van der Waals surface area contributed by atoms with Gasteiger partial charge >= 0.3 is 0 Å². The molecule has 1 fully saturated rings. The highest BCUT2D eigenvalue weighted by atomic mass is 79.9. The second kappa shape index (κ2) is 11.3. The molecule has 0 spiro atoms. The zero-order valence-electron chi connectivity index (χ0n) is 17.7. The van der Waals surface area contributed by atoms with Gasteiger partial charge in [-0.25, -0.2) is 4.39 Å². The number of nitrogens with one attached hydrogen (secondary N) is 1. The fraction of sp³-hybridized carbons (Fsp3) is 0.417. The molecule has 0 aromatic heterocycles. The van der Waals surface area contributed by atoms with Crippen LogP contribution < -0.4 is 10.1 Å². The fourth-order valence-corrected chi connectivity index (χ4v) is 3.96. The van der Waals surface area contributed by atoms with Crippen molar-refractivity contribution < 1.29 is 18.7 Å². The predicted molar refractivity (Wildman–Crippen MR) is 121 cm³/mol. The van der Waals surface area contributed by atoms with E-state index in [1.54, 1.807) is 31.2 Å². The van der Waals surface area contributed by atoms with Crippen LogP contribution in [0.1, 0.15) is 44.6 Å². The van der Waals surface area contributed by atoms with Gasteiger partial charge in [0.05, 0.1) is 0 Å². The Morgan fingerprint density at radius 1 is 1.10 bits per heavy atom. The van der Waals surface area contributed by atoms with E-state index in [2.05, 4.69) is 21.2 Å². The van der Waals surface area contributed by atoms with E-state index in [9.17, 15) is 14.0 Å². The van der Waals surface area contributed by atoms with E-state index >= 15 is 0 Å². The van der Waals surface area contributed by atoms with Crippen molar-refractivity contribution in [3.8, 4) is 5.75 Å². The van der Waals surface area contributed by atoms with Gasteiger partial charge in [0, 0.05) is 17.1 Å². The minimum absolute atomic E-state index is 0.158. The molecule has 0 aliphatic heterocycles. The molecular formula is C24H28BrFN2O3. The maximum Gasteiger partial charge on any atom is 0.261 e. The molecule has 166 valence electrons. The first-order chi connectivity index (χ1) is 14.9. The number of rotatable bonds is 8. The minimum atomic E-state index is -0.673. The van der Waals surface area contributed by atoms with E-state index in [0.29, 0.717) is 5.75 Å². The third kappa shape index (κ3) is 7.06. The lowest BCUT2D eigenvalue weighted by Crippen LogP contribution is -2.51. The van der Waals surface area contributed by atoms with Crippen LogP contribution in [-0.4, -0.2) is 35.4 Å². The Hall–Kier alpha value is -2.41. The first-order valence-electron chi connectivity index (χ1n) is 10.6. The molecule has 2 aromatic rings. The summed E-state index contributed by atoms with van der Waals surface area (Å²) in [7, 11) is 0. The van der Waals surface area contributed by atoms with Crippen LogP contribution >= 0.6 is 15.9 Å². The van der Waals surface area contributed by atoms with Gasteiger partial charge in [0.2, 0.25) is 5.91 Å². The number of amides is 2. The average Bonchev–Trinajstić information content (AvgIpc) is 2.78. The lowest BCUT2D eigenvalue weighted by molar-refractivity contribution is -0.142. The van der Waals surface area contributed by atoms with Gasteiger partial charge < -0.3 is 15.0 Å². The number of carbonyl (C=O) groups excluding carboxylic acids is 2. The van der Waals surface area contributed by atoms with Crippen molar-refractivity contribution >= 4 is 27.7 Å². The molecule has 1 unspecified atom stereocenters.